The molecule has 3 aromatic carbocycles. The third-order valence-corrected chi connectivity index (χ3v) is 5.78. The third kappa shape index (κ3) is 5.36. The molecule has 0 aliphatic carbocycles. The molecule has 4 aromatic rings. The molecule has 0 bridgehead atoms. The summed E-state index contributed by atoms with van der Waals surface area (Å²) in [6.07, 6.45) is 0.698. The van der Waals surface area contributed by atoms with Gasteiger partial charge in [0.05, 0.1) is 5.52 Å². The highest BCUT2D eigenvalue weighted by Gasteiger charge is 2.22. The Bertz CT molecular complexity index is 1440. The van der Waals surface area contributed by atoms with Crippen molar-refractivity contribution in [3.8, 4) is 0 Å². The Morgan fingerprint density at radius 1 is 0.857 bits per heavy atom. The maximum absolute atomic E-state index is 13.2. The summed E-state index contributed by atoms with van der Waals surface area (Å²) >= 11 is 6.14. The summed E-state index contributed by atoms with van der Waals surface area (Å²) in [5, 5.41) is 6.64. The van der Waals surface area contributed by atoms with E-state index in [1.54, 1.807) is 36.4 Å². The second-order valence-electron chi connectivity index (χ2n) is 8.30. The molecule has 0 unspecified atom stereocenters. The average molecular weight is 489 g/mol. The molecule has 178 valence electrons. The predicted molar refractivity (Wildman–Crippen MR) is 140 cm³/mol. The van der Waals surface area contributed by atoms with Crippen LogP contribution < -0.4 is 16.1 Å². The summed E-state index contributed by atoms with van der Waals surface area (Å²) in [6.45, 7) is 5.84. The zero-order valence-corrected chi connectivity index (χ0v) is 20.4. The Balaban J connectivity index is 1.64. The van der Waals surface area contributed by atoms with Crippen LogP contribution in [-0.4, -0.2) is 22.4 Å². The van der Waals surface area contributed by atoms with Gasteiger partial charge in [-0.05, 0) is 79.4 Å². The van der Waals surface area contributed by atoms with Crippen molar-refractivity contribution in [3.05, 3.63) is 94.1 Å². The molecular weight excluding hydrogens is 464 g/mol. The van der Waals surface area contributed by atoms with E-state index in [1.807, 2.05) is 51.1 Å². The molecule has 1 aromatic heterocycles. The second kappa shape index (κ2) is 10.0. The number of nitrogens with zero attached hydrogens (tertiary/aromatic N) is 1. The van der Waals surface area contributed by atoms with Gasteiger partial charge in [-0.25, -0.2) is 4.68 Å². The molecule has 4 rings (SSSR count). The lowest BCUT2D eigenvalue weighted by molar-refractivity contribution is -0.133. The number of amides is 3. The van der Waals surface area contributed by atoms with Crippen molar-refractivity contribution in [2.45, 2.75) is 27.2 Å². The van der Waals surface area contributed by atoms with Crippen molar-refractivity contribution in [1.82, 2.24) is 4.68 Å². The van der Waals surface area contributed by atoms with Crippen LogP contribution in [0.1, 0.15) is 34.1 Å². The molecule has 0 atom stereocenters. The number of halogens is 1. The SMILES string of the molecule is CCc1ccccc1NC(=O)C(=O)Nn1c(C(=O)Nc2cc(C)cc(C)c2)cc2cc(Cl)ccc21. The summed E-state index contributed by atoms with van der Waals surface area (Å²) in [5.41, 5.74) is 7.34. The van der Waals surface area contributed by atoms with E-state index in [2.05, 4.69) is 16.1 Å². The number of hydrogen-bond acceptors (Lipinski definition) is 3. The van der Waals surface area contributed by atoms with Crippen molar-refractivity contribution < 1.29 is 14.4 Å². The van der Waals surface area contributed by atoms with Gasteiger partial charge < -0.3 is 10.6 Å². The molecule has 0 aliphatic rings. The van der Waals surface area contributed by atoms with Gasteiger partial charge in [-0.2, -0.15) is 0 Å². The van der Waals surface area contributed by atoms with Gasteiger partial charge in [0.2, 0.25) is 0 Å². The first-order chi connectivity index (χ1) is 16.7. The van der Waals surface area contributed by atoms with Crippen LogP contribution in [0.25, 0.3) is 10.9 Å². The maximum Gasteiger partial charge on any atom is 0.328 e. The van der Waals surface area contributed by atoms with Crippen LogP contribution in [0.4, 0.5) is 11.4 Å². The van der Waals surface area contributed by atoms with Crippen molar-refractivity contribution in [2.24, 2.45) is 0 Å². The van der Waals surface area contributed by atoms with E-state index in [0.29, 0.717) is 33.7 Å². The van der Waals surface area contributed by atoms with Crippen LogP contribution in [-0.2, 0) is 16.0 Å². The van der Waals surface area contributed by atoms with Crippen LogP contribution in [0.15, 0.2) is 66.7 Å². The number of benzene rings is 3. The predicted octanol–water partition coefficient (Wildman–Crippen LogP) is 5.44. The first-order valence-corrected chi connectivity index (χ1v) is 11.5. The standard InChI is InChI=1S/C27H25ClN4O3/c1-4-18-7-5-6-8-22(18)30-26(34)27(35)31-32-23-10-9-20(28)14-19(23)15-24(32)25(33)29-21-12-16(2)11-17(3)13-21/h5-15H,4H2,1-3H3,(H,29,33)(H,30,34)(H,31,35). The van der Waals surface area contributed by atoms with Gasteiger partial charge in [-0.1, -0.05) is 42.8 Å². The summed E-state index contributed by atoms with van der Waals surface area (Å²) in [7, 11) is 0. The molecule has 0 saturated heterocycles. The largest absolute Gasteiger partial charge is 0.328 e. The molecule has 3 N–H and O–H groups in total. The number of carbonyl (C=O) groups is 3. The van der Waals surface area contributed by atoms with Crippen LogP contribution in [0, 0.1) is 13.8 Å². The van der Waals surface area contributed by atoms with E-state index in [0.717, 1.165) is 16.7 Å². The Hall–Kier alpha value is -4.10. The lowest BCUT2D eigenvalue weighted by Crippen LogP contribution is -2.36. The highest BCUT2D eigenvalue weighted by atomic mass is 35.5. The summed E-state index contributed by atoms with van der Waals surface area (Å²) < 4.78 is 1.30. The minimum Gasteiger partial charge on any atom is -0.321 e. The lowest BCUT2D eigenvalue weighted by atomic mass is 10.1. The third-order valence-electron chi connectivity index (χ3n) is 5.54. The number of carbonyl (C=O) groups excluding carboxylic acids is 3. The minimum absolute atomic E-state index is 0.150. The molecule has 1 heterocycles. The monoisotopic (exact) mass is 488 g/mol. The summed E-state index contributed by atoms with van der Waals surface area (Å²) in [6, 6.07) is 19.6. The van der Waals surface area contributed by atoms with Gasteiger partial charge in [0.25, 0.3) is 5.91 Å². The minimum atomic E-state index is -0.913. The van der Waals surface area contributed by atoms with Crippen LogP contribution in [0.3, 0.4) is 0 Å². The molecule has 7 nitrogen and oxygen atoms in total. The first-order valence-electron chi connectivity index (χ1n) is 11.2. The van der Waals surface area contributed by atoms with Crippen LogP contribution >= 0.6 is 11.6 Å². The van der Waals surface area contributed by atoms with E-state index in [9.17, 15) is 14.4 Å². The quantitative estimate of drug-likeness (QED) is 0.327. The molecule has 35 heavy (non-hydrogen) atoms. The molecule has 3 amide bonds. The molecule has 0 spiro atoms. The normalized spacial score (nSPS) is 10.7. The van der Waals surface area contributed by atoms with E-state index in [-0.39, 0.29) is 5.69 Å². The fourth-order valence-corrected chi connectivity index (χ4v) is 4.18. The highest BCUT2D eigenvalue weighted by molar-refractivity contribution is 6.42. The molecule has 8 heteroatoms. The van der Waals surface area contributed by atoms with E-state index < -0.39 is 17.7 Å². The summed E-state index contributed by atoms with van der Waals surface area (Å²) in [5.74, 6) is -2.20. The van der Waals surface area contributed by atoms with Crippen molar-refractivity contribution in [1.29, 1.82) is 0 Å². The molecule has 0 saturated carbocycles. The zero-order valence-electron chi connectivity index (χ0n) is 19.6. The van der Waals surface area contributed by atoms with Gasteiger partial charge in [-0.15, -0.1) is 0 Å². The Kier molecular flexibility index (Phi) is 6.89. The fraction of sp³-hybridized carbons (Fsp3) is 0.148. The molecule has 0 radical (unpaired) electrons. The smallest absolute Gasteiger partial charge is 0.321 e. The first kappa shape index (κ1) is 24.0. The van der Waals surface area contributed by atoms with E-state index in [1.165, 1.54) is 4.68 Å². The molecule has 0 aliphatic heterocycles. The molecular formula is C27H25ClN4O3. The number of rotatable bonds is 5. The van der Waals surface area contributed by atoms with Crippen molar-refractivity contribution in [3.63, 3.8) is 0 Å². The number of aryl methyl sites for hydroxylation is 3. The number of para-hydroxylation sites is 1. The Morgan fingerprint density at radius 2 is 1.57 bits per heavy atom. The number of anilines is 2. The fourth-order valence-electron chi connectivity index (χ4n) is 4.00. The number of fused-ring (bicyclic) bond motifs is 1. The topological polar surface area (TPSA) is 92.2 Å². The number of aromatic nitrogens is 1. The van der Waals surface area contributed by atoms with Crippen LogP contribution in [0.2, 0.25) is 5.02 Å². The van der Waals surface area contributed by atoms with E-state index in [4.69, 9.17) is 11.6 Å². The Morgan fingerprint density at radius 3 is 2.29 bits per heavy atom. The second-order valence-corrected chi connectivity index (χ2v) is 8.74. The van der Waals surface area contributed by atoms with Gasteiger partial charge in [0.15, 0.2) is 0 Å². The van der Waals surface area contributed by atoms with Crippen molar-refractivity contribution >= 4 is 51.6 Å². The van der Waals surface area contributed by atoms with Crippen LogP contribution in [0.5, 0.6) is 0 Å². The van der Waals surface area contributed by atoms with E-state index >= 15 is 0 Å². The average Bonchev–Trinajstić information content (AvgIpc) is 3.16. The van der Waals surface area contributed by atoms with Gasteiger partial charge in [0.1, 0.15) is 5.69 Å². The van der Waals surface area contributed by atoms with Gasteiger partial charge in [-0.3, -0.25) is 19.8 Å². The zero-order chi connectivity index (χ0) is 25.1. The Labute approximate surface area is 208 Å². The molecule has 0 fully saturated rings. The van der Waals surface area contributed by atoms with Crippen molar-refractivity contribution in [2.75, 3.05) is 16.1 Å². The highest BCUT2D eigenvalue weighted by Crippen LogP contribution is 2.24. The lowest BCUT2D eigenvalue weighted by Gasteiger charge is -2.14. The number of hydrogen-bond donors (Lipinski definition) is 3. The summed E-state index contributed by atoms with van der Waals surface area (Å²) in [4.78, 5) is 38.8. The van der Waals surface area contributed by atoms with Gasteiger partial charge in [0, 0.05) is 21.8 Å². The van der Waals surface area contributed by atoms with Gasteiger partial charge >= 0.3 is 11.8 Å². The number of nitrogens with one attached hydrogen (secondary N) is 3. The maximum atomic E-state index is 13.2.